The molecule has 4 aromatic carbocycles. The fourth-order valence-corrected chi connectivity index (χ4v) is 4.24. The van der Waals surface area contributed by atoms with Crippen molar-refractivity contribution >= 4 is 33.1 Å². The van der Waals surface area contributed by atoms with Crippen LogP contribution < -0.4 is 0 Å². The molecule has 0 aliphatic rings. The third-order valence-corrected chi connectivity index (χ3v) is 6.19. The normalized spacial score (nSPS) is 13.7. The van der Waals surface area contributed by atoms with Gasteiger partial charge in [0.1, 0.15) is 0 Å². The van der Waals surface area contributed by atoms with Crippen LogP contribution >= 0.6 is 20.4 Å². The Labute approximate surface area is 223 Å². The minimum atomic E-state index is -10.7. The Bertz CT molecular complexity index is 1380. The first kappa shape index (κ1) is 29.2. The van der Waals surface area contributed by atoms with Crippen molar-refractivity contribution in [1.82, 2.24) is 0 Å². The summed E-state index contributed by atoms with van der Waals surface area (Å²) in [6.45, 7) is 6.73. The van der Waals surface area contributed by atoms with Crippen molar-refractivity contribution in [3.63, 3.8) is 0 Å². The molecule has 0 aliphatic heterocycles. The Morgan fingerprint density at radius 1 is 0.595 bits per heavy atom. The number of rotatable bonds is 3. The van der Waals surface area contributed by atoms with Gasteiger partial charge >= 0.3 is 33.0 Å². The SMILES string of the molecule is CC(C)(C)c1ccc(-c2cc(-c3ccc(S)cc3-c3ccccc3)ccc2[SH2+])cc1.F[P-](F)(F)(F)(F)F. The van der Waals surface area contributed by atoms with Gasteiger partial charge in [-0.15, -0.1) is 12.6 Å². The van der Waals surface area contributed by atoms with Gasteiger partial charge in [-0.2, -0.15) is 0 Å². The number of benzene rings is 4. The number of hydrogen-bond donors (Lipinski definition) is 1. The van der Waals surface area contributed by atoms with E-state index in [9.17, 15) is 25.2 Å². The van der Waals surface area contributed by atoms with Crippen LogP contribution in [0.25, 0.3) is 33.4 Å². The summed E-state index contributed by atoms with van der Waals surface area (Å²) in [6, 6.07) is 32.4. The summed E-state index contributed by atoms with van der Waals surface area (Å²) >= 11 is 8.40. The molecule has 9 heteroatoms. The molecule has 0 bridgehead atoms. The molecule has 0 fully saturated rings. The van der Waals surface area contributed by atoms with Gasteiger partial charge in [-0.25, -0.2) is 0 Å². The van der Waals surface area contributed by atoms with Gasteiger partial charge in [0.2, 0.25) is 0 Å². The van der Waals surface area contributed by atoms with Crippen LogP contribution in [-0.2, 0) is 18.0 Å². The van der Waals surface area contributed by atoms with E-state index in [4.69, 9.17) is 0 Å². The molecule has 0 unspecified atom stereocenters. The summed E-state index contributed by atoms with van der Waals surface area (Å²) in [5.41, 5.74) is 8.68. The Hall–Kier alpha value is -2.41. The first-order chi connectivity index (χ1) is 16.8. The molecule has 0 saturated heterocycles. The molecule has 0 N–H and O–H groups in total. The average molecular weight is 573 g/mol. The van der Waals surface area contributed by atoms with Crippen LogP contribution in [-0.4, -0.2) is 0 Å². The van der Waals surface area contributed by atoms with Crippen LogP contribution in [0.4, 0.5) is 25.2 Å². The third kappa shape index (κ3) is 9.44. The topological polar surface area (TPSA) is 0 Å². The molecular weight excluding hydrogens is 545 g/mol. The summed E-state index contributed by atoms with van der Waals surface area (Å²) in [4.78, 5) is 2.06. The van der Waals surface area contributed by atoms with E-state index in [-0.39, 0.29) is 5.41 Å². The van der Waals surface area contributed by atoms with Gasteiger partial charge in [-0.1, -0.05) is 81.4 Å². The predicted octanol–water partition coefficient (Wildman–Crippen LogP) is 11.0. The summed E-state index contributed by atoms with van der Waals surface area (Å²) in [5, 5.41) is 0. The van der Waals surface area contributed by atoms with E-state index >= 15 is 0 Å². The number of halogens is 6. The standard InChI is InChI=1S/C28H26S2.F6P/c1-28(2,3)22-12-9-20(10-13-22)26-17-21(11-16-27(26)30)24-15-14-23(29)18-25(24)19-7-5-4-6-8-19;1-7(2,3,4,5)6/h4-18,29-30H,1-3H3;/q;-1/p+1. The summed E-state index contributed by atoms with van der Waals surface area (Å²) < 4.78 is 59.2. The second kappa shape index (κ2) is 9.72. The molecule has 0 aromatic heterocycles. The molecule has 4 rings (SSSR count). The average Bonchev–Trinajstić information content (AvgIpc) is 2.78. The first-order valence-electron chi connectivity index (χ1n) is 11.2. The maximum atomic E-state index is 9.87. The monoisotopic (exact) mass is 572 g/mol. The van der Waals surface area contributed by atoms with Gasteiger partial charge in [0, 0.05) is 10.5 Å². The predicted molar refractivity (Wildman–Crippen MR) is 151 cm³/mol. The number of thiol groups is 1. The molecule has 0 aliphatic carbocycles. The van der Waals surface area contributed by atoms with Crippen molar-refractivity contribution in [3.05, 3.63) is 96.6 Å². The fraction of sp³-hybridized carbons (Fsp3) is 0.143. The third-order valence-electron chi connectivity index (χ3n) is 5.48. The molecule has 0 heterocycles. The molecule has 0 amide bonds. The molecule has 0 saturated carbocycles. The van der Waals surface area contributed by atoms with E-state index < -0.39 is 7.81 Å². The van der Waals surface area contributed by atoms with E-state index in [0.29, 0.717) is 0 Å². The zero-order chi connectivity index (χ0) is 27.7. The van der Waals surface area contributed by atoms with Crippen molar-refractivity contribution in [2.45, 2.75) is 36.0 Å². The van der Waals surface area contributed by atoms with Gasteiger partial charge in [0.25, 0.3) is 0 Å². The van der Waals surface area contributed by atoms with Crippen LogP contribution in [0, 0.1) is 0 Å². The van der Waals surface area contributed by atoms with Crippen LogP contribution in [0.15, 0.2) is 101 Å². The van der Waals surface area contributed by atoms with Crippen molar-refractivity contribution < 1.29 is 25.2 Å². The molecule has 0 atom stereocenters. The van der Waals surface area contributed by atoms with Crippen molar-refractivity contribution in [1.29, 1.82) is 0 Å². The first-order valence-corrected chi connectivity index (χ1v) is 14.2. The van der Waals surface area contributed by atoms with Crippen molar-refractivity contribution in [2.24, 2.45) is 0 Å². The van der Waals surface area contributed by atoms with Gasteiger partial charge in [-0.05, 0) is 81.8 Å². The minimum absolute atomic E-state index is 0.149. The Morgan fingerprint density at radius 3 is 1.65 bits per heavy atom. The zero-order valence-electron chi connectivity index (χ0n) is 20.3. The molecule has 0 radical (unpaired) electrons. The van der Waals surface area contributed by atoms with Crippen molar-refractivity contribution in [3.8, 4) is 33.4 Å². The van der Waals surface area contributed by atoms with E-state index in [2.05, 4.69) is 131 Å². The summed E-state index contributed by atoms with van der Waals surface area (Å²) in [5.74, 6) is 0. The molecule has 0 nitrogen and oxygen atoms in total. The van der Waals surface area contributed by atoms with Gasteiger partial charge in [0.05, 0.1) is 0 Å². The van der Waals surface area contributed by atoms with E-state index in [1.807, 2.05) is 6.07 Å². The second-order valence-corrected chi connectivity index (χ2v) is 12.6. The van der Waals surface area contributed by atoms with E-state index in [1.54, 1.807) is 0 Å². The Balaban J connectivity index is 0.000000479. The van der Waals surface area contributed by atoms with Crippen LogP contribution in [0.1, 0.15) is 26.3 Å². The second-order valence-electron chi connectivity index (χ2n) is 9.64. The Kier molecular flexibility index (Phi) is 7.66. The molecular formula is C28H27F6PS2. The summed E-state index contributed by atoms with van der Waals surface area (Å²) in [6.07, 6.45) is 0. The Morgan fingerprint density at radius 2 is 1.11 bits per heavy atom. The molecule has 0 spiro atoms. The van der Waals surface area contributed by atoms with Crippen LogP contribution in [0.3, 0.4) is 0 Å². The molecule has 198 valence electrons. The molecule has 4 aromatic rings. The maximum absolute atomic E-state index is 10.7. The van der Waals surface area contributed by atoms with Crippen LogP contribution in [0.2, 0.25) is 0 Å². The van der Waals surface area contributed by atoms with Gasteiger partial charge in [-0.3, -0.25) is 0 Å². The van der Waals surface area contributed by atoms with Crippen molar-refractivity contribution in [2.75, 3.05) is 0 Å². The van der Waals surface area contributed by atoms with Gasteiger partial charge < -0.3 is 0 Å². The fourth-order valence-electron chi connectivity index (χ4n) is 3.74. The quantitative estimate of drug-likeness (QED) is 0.107. The molecule has 37 heavy (non-hydrogen) atoms. The summed E-state index contributed by atoms with van der Waals surface area (Å²) in [7, 11) is -10.7. The van der Waals surface area contributed by atoms with E-state index in [0.717, 1.165) is 9.79 Å². The van der Waals surface area contributed by atoms with Crippen LogP contribution in [0.5, 0.6) is 0 Å². The van der Waals surface area contributed by atoms with E-state index in [1.165, 1.54) is 38.9 Å². The zero-order valence-corrected chi connectivity index (χ0v) is 23.1. The number of hydrogen-bond acceptors (Lipinski definition) is 1. The van der Waals surface area contributed by atoms with Gasteiger partial charge in [0.15, 0.2) is 4.90 Å².